The molecule has 1 aromatic heterocycles. The number of hydrogen-bond donors (Lipinski definition) is 3. The van der Waals surface area contributed by atoms with E-state index in [1.165, 1.54) is 21.8 Å². The Hall–Kier alpha value is -2.16. The third kappa shape index (κ3) is 1.51. The average Bonchev–Trinajstić information content (AvgIpc) is 2.75. The minimum absolute atomic E-state index is 1.13. The van der Waals surface area contributed by atoms with Gasteiger partial charge in [0.1, 0.15) is 0 Å². The molecule has 3 rings (SSSR count). The smallest absolute Gasteiger partial charge is 0.0466 e. The number of nitrogens with one attached hydrogen (secondary N) is 3. The van der Waals surface area contributed by atoms with E-state index in [0.717, 1.165) is 11.4 Å². The maximum absolute atomic E-state index is 3.43. The fourth-order valence-electron chi connectivity index (χ4n) is 2.21. The van der Waals surface area contributed by atoms with Crippen LogP contribution in [-0.4, -0.2) is 19.1 Å². The third-order valence-electron chi connectivity index (χ3n) is 3.18. The van der Waals surface area contributed by atoms with Crippen LogP contribution in [0.1, 0.15) is 0 Å². The van der Waals surface area contributed by atoms with Gasteiger partial charge in [0.2, 0.25) is 0 Å². The van der Waals surface area contributed by atoms with Crippen molar-refractivity contribution >= 4 is 33.2 Å². The number of fused-ring (bicyclic) bond motifs is 3. The molecule has 3 aromatic rings. The SMILES string of the molecule is CNc1ccc2[nH]c3ccc(NC)cc3c2c1. The van der Waals surface area contributed by atoms with Crippen LogP contribution in [0.15, 0.2) is 36.4 Å². The highest BCUT2D eigenvalue weighted by molar-refractivity contribution is 6.09. The molecule has 17 heavy (non-hydrogen) atoms. The van der Waals surface area contributed by atoms with E-state index in [2.05, 4.69) is 52.0 Å². The molecule has 3 N–H and O–H groups in total. The largest absolute Gasteiger partial charge is 0.388 e. The van der Waals surface area contributed by atoms with Crippen molar-refractivity contribution in [3.8, 4) is 0 Å². The zero-order chi connectivity index (χ0) is 11.8. The van der Waals surface area contributed by atoms with Crippen molar-refractivity contribution in [2.24, 2.45) is 0 Å². The summed E-state index contributed by atoms with van der Waals surface area (Å²) in [5.74, 6) is 0. The van der Waals surface area contributed by atoms with Crippen LogP contribution in [0.4, 0.5) is 11.4 Å². The fourth-order valence-corrected chi connectivity index (χ4v) is 2.21. The van der Waals surface area contributed by atoms with Crippen LogP contribution >= 0.6 is 0 Å². The number of anilines is 2. The van der Waals surface area contributed by atoms with E-state index < -0.39 is 0 Å². The first-order valence-electron chi connectivity index (χ1n) is 5.73. The first kappa shape index (κ1) is 10.0. The van der Waals surface area contributed by atoms with Crippen molar-refractivity contribution in [1.82, 2.24) is 4.98 Å². The van der Waals surface area contributed by atoms with Gasteiger partial charge in [-0.25, -0.2) is 0 Å². The van der Waals surface area contributed by atoms with Gasteiger partial charge in [-0.2, -0.15) is 0 Å². The van der Waals surface area contributed by atoms with E-state index in [-0.39, 0.29) is 0 Å². The molecular weight excluding hydrogens is 210 g/mol. The summed E-state index contributed by atoms with van der Waals surface area (Å²) in [4.78, 5) is 3.43. The quantitative estimate of drug-likeness (QED) is 0.625. The van der Waals surface area contributed by atoms with Crippen molar-refractivity contribution in [1.29, 1.82) is 0 Å². The van der Waals surface area contributed by atoms with Crippen molar-refractivity contribution in [3.05, 3.63) is 36.4 Å². The fraction of sp³-hybridized carbons (Fsp3) is 0.143. The van der Waals surface area contributed by atoms with Crippen LogP contribution in [-0.2, 0) is 0 Å². The minimum Gasteiger partial charge on any atom is -0.388 e. The summed E-state index contributed by atoms with van der Waals surface area (Å²) in [6.45, 7) is 0. The van der Waals surface area contributed by atoms with E-state index >= 15 is 0 Å². The predicted molar refractivity (Wildman–Crippen MR) is 74.9 cm³/mol. The Labute approximate surface area is 99.8 Å². The normalized spacial score (nSPS) is 10.9. The molecule has 0 aliphatic rings. The molecular formula is C14H15N3. The van der Waals surface area contributed by atoms with Gasteiger partial charge in [0.05, 0.1) is 0 Å². The van der Waals surface area contributed by atoms with Crippen LogP contribution < -0.4 is 10.6 Å². The highest BCUT2D eigenvalue weighted by atomic mass is 14.8. The topological polar surface area (TPSA) is 39.9 Å². The van der Waals surface area contributed by atoms with Gasteiger partial charge in [0.15, 0.2) is 0 Å². The lowest BCUT2D eigenvalue weighted by atomic mass is 10.1. The Bertz CT molecular complexity index is 624. The molecule has 3 nitrogen and oxygen atoms in total. The zero-order valence-electron chi connectivity index (χ0n) is 9.96. The van der Waals surface area contributed by atoms with E-state index in [0.29, 0.717) is 0 Å². The molecule has 0 fully saturated rings. The molecule has 3 heteroatoms. The number of hydrogen-bond acceptors (Lipinski definition) is 2. The lowest BCUT2D eigenvalue weighted by Crippen LogP contribution is -1.87. The molecule has 0 bridgehead atoms. The van der Waals surface area contributed by atoms with Crippen LogP contribution in [0, 0.1) is 0 Å². The van der Waals surface area contributed by atoms with Crippen molar-refractivity contribution in [2.75, 3.05) is 24.7 Å². The maximum Gasteiger partial charge on any atom is 0.0466 e. The molecule has 2 aromatic carbocycles. The van der Waals surface area contributed by atoms with Gasteiger partial charge in [-0.3, -0.25) is 0 Å². The summed E-state index contributed by atoms with van der Waals surface area (Å²) in [6.07, 6.45) is 0. The molecule has 0 saturated heterocycles. The van der Waals surface area contributed by atoms with E-state index in [4.69, 9.17) is 0 Å². The van der Waals surface area contributed by atoms with Gasteiger partial charge >= 0.3 is 0 Å². The molecule has 0 amide bonds. The Morgan fingerprint density at radius 1 is 0.765 bits per heavy atom. The van der Waals surface area contributed by atoms with Crippen molar-refractivity contribution < 1.29 is 0 Å². The second-order valence-electron chi connectivity index (χ2n) is 4.15. The van der Waals surface area contributed by atoms with Crippen LogP contribution in [0.2, 0.25) is 0 Å². The molecule has 86 valence electrons. The summed E-state index contributed by atoms with van der Waals surface area (Å²) in [6, 6.07) is 12.7. The Morgan fingerprint density at radius 2 is 1.24 bits per heavy atom. The van der Waals surface area contributed by atoms with Gasteiger partial charge in [-0.1, -0.05) is 0 Å². The number of aromatic nitrogens is 1. The summed E-state index contributed by atoms with van der Waals surface area (Å²) in [7, 11) is 3.88. The van der Waals surface area contributed by atoms with Gasteiger partial charge in [0, 0.05) is 47.3 Å². The number of benzene rings is 2. The molecule has 0 aliphatic heterocycles. The lowest BCUT2D eigenvalue weighted by Gasteiger charge is -2.01. The zero-order valence-corrected chi connectivity index (χ0v) is 9.96. The number of rotatable bonds is 2. The first-order valence-corrected chi connectivity index (χ1v) is 5.73. The summed E-state index contributed by atoms with van der Waals surface area (Å²) >= 11 is 0. The van der Waals surface area contributed by atoms with Gasteiger partial charge in [-0.05, 0) is 36.4 Å². The Balaban J connectivity index is 2.37. The summed E-state index contributed by atoms with van der Waals surface area (Å²) in [5, 5.41) is 8.85. The summed E-state index contributed by atoms with van der Waals surface area (Å²) < 4.78 is 0. The Morgan fingerprint density at radius 3 is 1.65 bits per heavy atom. The third-order valence-corrected chi connectivity index (χ3v) is 3.18. The molecule has 1 heterocycles. The van der Waals surface area contributed by atoms with Crippen molar-refractivity contribution in [2.45, 2.75) is 0 Å². The van der Waals surface area contributed by atoms with Crippen LogP contribution in [0.25, 0.3) is 21.8 Å². The number of H-pyrrole nitrogens is 1. The van der Waals surface area contributed by atoms with Crippen LogP contribution in [0.3, 0.4) is 0 Å². The van der Waals surface area contributed by atoms with E-state index in [1.54, 1.807) is 0 Å². The van der Waals surface area contributed by atoms with Crippen molar-refractivity contribution in [3.63, 3.8) is 0 Å². The highest BCUT2D eigenvalue weighted by Crippen LogP contribution is 2.29. The first-order chi connectivity index (χ1) is 8.31. The average molecular weight is 225 g/mol. The van der Waals surface area contributed by atoms with E-state index in [9.17, 15) is 0 Å². The molecule has 0 spiro atoms. The standard InChI is InChI=1S/C14H15N3/c1-15-9-3-5-13-11(7-9)12-8-10(16-2)4-6-14(12)17-13/h3-8,15-17H,1-2H3. The lowest BCUT2D eigenvalue weighted by molar-refractivity contribution is 1.50. The van der Waals surface area contributed by atoms with E-state index in [1.807, 2.05) is 14.1 Å². The van der Waals surface area contributed by atoms with Gasteiger partial charge < -0.3 is 15.6 Å². The highest BCUT2D eigenvalue weighted by Gasteiger charge is 2.05. The molecule has 0 radical (unpaired) electrons. The second-order valence-corrected chi connectivity index (χ2v) is 4.15. The Kier molecular flexibility index (Phi) is 2.18. The number of aromatic amines is 1. The molecule has 0 saturated carbocycles. The summed E-state index contributed by atoms with van der Waals surface area (Å²) in [5.41, 5.74) is 4.61. The van der Waals surface area contributed by atoms with Crippen LogP contribution in [0.5, 0.6) is 0 Å². The monoisotopic (exact) mass is 225 g/mol. The molecule has 0 atom stereocenters. The second kappa shape index (κ2) is 3.70. The predicted octanol–water partition coefficient (Wildman–Crippen LogP) is 3.40. The molecule has 0 unspecified atom stereocenters. The maximum atomic E-state index is 3.43. The van der Waals surface area contributed by atoms with Gasteiger partial charge in [0.25, 0.3) is 0 Å². The molecule has 0 aliphatic carbocycles. The minimum atomic E-state index is 1.13. The van der Waals surface area contributed by atoms with Gasteiger partial charge in [-0.15, -0.1) is 0 Å².